The normalized spacial score (nSPS) is 16.3. The van der Waals surface area contributed by atoms with Crippen LogP contribution in [-0.2, 0) is 9.59 Å². The molecule has 0 bridgehead atoms. The summed E-state index contributed by atoms with van der Waals surface area (Å²) in [5.41, 5.74) is 2.96. The predicted molar refractivity (Wildman–Crippen MR) is 74.9 cm³/mol. The largest absolute Gasteiger partial charge is 0.288 e. The van der Waals surface area contributed by atoms with Crippen molar-refractivity contribution in [2.75, 3.05) is 14.1 Å². The van der Waals surface area contributed by atoms with Crippen LogP contribution in [0.1, 0.15) is 27.7 Å². The van der Waals surface area contributed by atoms with Gasteiger partial charge in [0.05, 0.1) is 0 Å². The average Bonchev–Trinajstić information content (AvgIpc) is 2.32. The van der Waals surface area contributed by atoms with Gasteiger partial charge >= 0.3 is 0 Å². The van der Waals surface area contributed by atoms with Gasteiger partial charge in [-0.05, 0) is 51.1 Å². The Labute approximate surface area is 113 Å². The van der Waals surface area contributed by atoms with Gasteiger partial charge in [-0.1, -0.05) is 5.57 Å². The van der Waals surface area contributed by atoms with E-state index in [0.29, 0.717) is 5.57 Å². The average molecular weight is 266 g/mol. The molecule has 0 saturated carbocycles. The summed E-state index contributed by atoms with van der Waals surface area (Å²) in [7, 11) is 3.16. The van der Waals surface area contributed by atoms with Gasteiger partial charge in [0, 0.05) is 14.1 Å². The molecule has 5 heteroatoms. The van der Waals surface area contributed by atoms with Crippen LogP contribution in [0.5, 0.6) is 0 Å². The first kappa shape index (κ1) is 14.6. The van der Waals surface area contributed by atoms with Crippen molar-refractivity contribution in [2.24, 2.45) is 0 Å². The number of carbonyl (C=O) groups is 2. The molecule has 0 aromatic rings. The van der Waals surface area contributed by atoms with Crippen molar-refractivity contribution >= 4 is 29.1 Å². The molecule has 0 spiro atoms. The van der Waals surface area contributed by atoms with Gasteiger partial charge in [0.1, 0.15) is 5.57 Å². The predicted octanol–water partition coefficient (Wildman–Crippen LogP) is 1.87. The van der Waals surface area contributed by atoms with E-state index in [1.54, 1.807) is 21.0 Å². The maximum Gasteiger partial charge on any atom is 0.265 e. The second-order valence-corrected chi connectivity index (χ2v) is 5.00. The van der Waals surface area contributed by atoms with Crippen LogP contribution in [-0.4, -0.2) is 40.8 Å². The van der Waals surface area contributed by atoms with Gasteiger partial charge in [-0.25, -0.2) is 0 Å². The number of carbonyl (C=O) groups excluding carboxylic acids is 2. The fraction of sp³-hybridized carbons (Fsp3) is 0.462. The molecule has 0 unspecified atom stereocenters. The van der Waals surface area contributed by atoms with Gasteiger partial charge in [0.15, 0.2) is 5.11 Å². The van der Waals surface area contributed by atoms with Crippen molar-refractivity contribution in [3.8, 4) is 0 Å². The summed E-state index contributed by atoms with van der Waals surface area (Å²) in [5, 5.41) is 0.233. The van der Waals surface area contributed by atoms with E-state index in [1.165, 1.54) is 9.80 Å². The Hall–Kier alpha value is -1.49. The molecule has 1 heterocycles. The van der Waals surface area contributed by atoms with Crippen LogP contribution in [0.4, 0.5) is 0 Å². The molecule has 0 atom stereocenters. The van der Waals surface area contributed by atoms with Crippen LogP contribution >= 0.6 is 12.2 Å². The third-order valence-corrected chi connectivity index (χ3v) is 3.85. The quantitative estimate of drug-likeness (QED) is 0.413. The Balaban J connectivity index is 3.44. The summed E-state index contributed by atoms with van der Waals surface area (Å²) >= 11 is 5.04. The topological polar surface area (TPSA) is 40.6 Å². The summed E-state index contributed by atoms with van der Waals surface area (Å²) in [6.45, 7) is 7.61. The monoisotopic (exact) mass is 266 g/mol. The van der Waals surface area contributed by atoms with Crippen LogP contribution < -0.4 is 0 Å². The van der Waals surface area contributed by atoms with E-state index in [9.17, 15) is 9.59 Å². The number of hydrogen-bond donors (Lipinski definition) is 0. The molecule has 0 N–H and O–H groups in total. The number of likely N-dealkylation sites (N-methyl/N-ethyl adjacent to an activating group) is 2. The summed E-state index contributed by atoms with van der Waals surface area (Å²) in [4.78, 5) is 27.0. The number of allylic oxidation sites excluding steroid dienone is 3. The minimum atomic E-state index is -0.332. The molecule has 1 aliphatic heterocycles. The SMILES string of the molecule is CC(C)=C(C)C(C)=C1C(=O)N(C)C(=S)N(C)C1=O. The summed E-state index contributed by atoms with van der Waals surface area (Å²) in [5.74, 6) is -0.664. The van der Waals surface area contributed by atoms with E-state index in [4.69, 9.17) is 12.2 Å². The molecule has 1 fully saturated rings. The second kappa shape index (κ2) is 5.02. The smallest absolute Gasteiger partial charge is 0.265 e. The van der Waals surface area contributed by atoms with E-state index in [0.717, 1.165) is 11.1 Å². The second-order valence-electron chi connectivity index (χ2n) is 4.64. The van der Waals surface area contributed by atoms with Gasteiger partial charge in [-0.3, -0.25) is 19.4 Å². The standard InChI is InChI=1S/C13H18N2O2S/c1-7(2)8(3)9(4)10-11(16)14(5)13(18)15(6)12(10)17/h1-6H3. The van der Waals surface area contributed by atoms with Crippen molar-refractivity contribution in [2.45, 2.75) is 27.7 Å². The third kappa shape index (κ3) is 2.22. The van der Waals surface area contributed by atoms with Crippen LogP contribution in [0.2, 0.25) is 0 Å². The minimum absolute atomic E-state index is 0.201. The highest BCUT2D eigenvalue weighted by Gasteiger charge is 2.36. The molecule has 0 aromatic heterocycles. The van der Waals surface area contributed by atoms with Gasteiger partial charge in [-0.2, -0.15) is 0 Å². The molecule has 1 saturated heterocycles. The van der Waals surface area contributed by atoms with E-state index in [1.807, 2.05) is 20.8 Å². The molecular weight excluding hydrogens is 248 g/mol. The zero-order valence-electron chi connectivity index (χ0n) is 11.6. The highest BCUT2D eigenvalue weighted by atomic mass is 32.1. The maximum absolute atomic E-state index is 12.2. The first-order valence-electron chi connectivity index (χ1n) is 5.65. The molecule has 0 aliphatic carbocycles. The lowest BCUT2D eigenvalue weighted by atomic mass is 9.96. The van der Waals surface area contributed by atoms with Crippen molar-refractivity contribution < 1.29 is 9.59 Å². The zero-order chi connectivity index (χ0) is 14.2. The fourth-order valence-electron chi connectivity index (χ4n) is 1.71. The highest BCUT2D eigenvalue weighted by Crippen LogP contribution is 2.23. The number of nitrogens with zero attached hydrogens (tertiary/aromatic N) is 2. The van der Waals surface area contributed by atoms with Crippen molar-refractivity contribution in [1.29, 1.82) is 0 Å². The van der Waals surface area contributed by atoms with E-state index in [-0.39, 0.29) is 22.5 Å². The Morgan fingerprint density at radius 3 is 1.67 bits per heavy atom. The van der Waals surface area contributed by atoms with Gasteiger partial charge in [-0.15, -0.1) is 0 Å². The van der Waals surface area contributed by atoms with Gasteiger partial charge in [0.25, 0.3) is 11.8 Å². The Morgan fingerprint density at radius 2 is 1.33 bits per heavy atom. The minimum Gasteiger partial charge on any atom is -0.288 e. The Bertz CT molecular complexity index is 473. The van der Waals surface area contributed by atoms with Crippen molar-refractivity contribution in [3.63, 3.8) is 0 Å². The fourth-order valence-corrected chi connectivity index (χ4v) is 1.87. The van der Waals surface area contributed by atoms with E-state index in [2.05, 4.69) is 0 Å². The number of amides is 2. The van der Waals surface area contributed by atoms with E-state index < -0.39 is 0 Å². The van der Waals surface area contributed by atoms with Crippen molar-refractivity contribution in [1.82, 2.24) is 9.80 Å². The molecule has 98 valence electrons. The molecule has 18 heavy (non-hydrogen) atoms. The molecular formula is C13H18N2O2S. The molecule has 0 aromatic carbocycles. The first-order valence-corrected chi connectivity index (χ1v) is 6.06. The summed E-state index contributed by atoms with van der Waals surface area (Å²) in [6, 6.07) is 0. The lowest BCUT2D eigenvalue weighted by Gasteiger charge is -2.32. The molecule has 2 amide bonds. The zero-order valence-corrected chi connectivity index (χ0v) is 12.4. The number of rotatable bonds is 1. The molecule has 1 aliphatic rings. The van der Waals surface area contributed by atoms with Crippen LogP contribution in [0.3, 0.4) is 0 Å². The lowest BCUT2D eigenvalue weighted by molar-refractivity contribution is -0.132. The number of thiocarbonyl (C=S) groups is 1. The third-order valence-electron chi connectivity index (χ3n) is 3.30. The van der Waals surface area contributed by atoms with Crippen molar-refractivity contribution in [3.05, 3.63) is 22.3 Å². The highest BCUT2D eigenvalue weighted by molar-refractivity contribution is 7.80. The Kier molecular flexibility index (Phi) is 4.06. The van der Waals surface area contributed by atoms with Crippen LogP contribution in [0, 0.1) is 0 Å². The maximum atomic E-state index is 12.2. The van der Waals surface area contributed by atoms with Gasteiger partial charge in [0.2, 0.25) is 0 Å². The Morgan fingerprint density at radius 1 is 0.944 bits per heavy atom. The molecule has 0 radical (unpaired) electrons. The first-order chi connectivity index (χ1) is 8.20. The lowest BCUT2D eigenvalue weighted by Crippen LogP contribution is -2.53. The molecule has 4 nitrogen and oxygen atoms in total. The van der Waals surface area contributed by atoms with Crippen LogP contribution in [0.15, 0.2) is 22.3 Å². The van der Waals surface area contributed by atoms with E-state index >= 15 is 0 Å². The van der Waals surface area contributed by atoms with Crippen LogP contribution in [0.25, 0.3) is 0 Å². The number of hydrogen-bond acceptors (Lipinski definition) is 3. The molecule has 1 rings (SSSR count). The van der Waals surface area contributed by atoms with Gasteiger partial charge < -0.3 is 0 Å². The summed E-state index contributed by atoms with van der Waals surface area (Å²) < 4.78 is 0. The summed E-state index contributed by atoms with van der Waals surface area (Å²) in [6.07, 6.45) is 0.